The van der Waals surface area contributed by atoms with Gasteiger partial charge in [0, 0.05) is 0 Å². The van der Waals surface area contributed by atoms with Gasteiger partial charge < -0.3 is 10.1 Å². The molecule has 0 radical (unpaired) electrons. The summed E-state index contributed by atoms with van der Waals surface area (Å²) in [5, 5.41) is 3.52. The van der Waals surface area contributed by atoms with Gasteiger partial charge in [0.05, 0.1) is 18.2 Å². The van der Waals surface area contributed by atoms with Gasteiger partial charge in [0.1, 0.15) is 11.3 Å². The summed E-state index contributed by atoms with van der Waals surface area (Å²) in [6.07, 6.45) is 3.89. The monoisotopic (exact) mass is 338 g/mol. The Bertz CT molecular complexity index is 917. The molecule has 122 valence electrons. The first-order chi connectivity index (χ1) is 11.7. The predicted octanol–water partition coefficient (Wildman–Crippen LogP) is 3.97. The minimum Gasteiger partial charge on any atom is -0.494 e. The molecule has 4 rings (SSSR count). The molecule has 0 aliphatic heterocycles. The van der Waals surface area contributed by atoms with Crippen molar-refractivity contribution in [3.05, 3.63) is 53.1 Å². The SMILES string of the molecule is COc1cccc2sc(NC(=O)Cc3ccc4c(c3)CCC4)nc12. The van der Waals surface area contributed by atoms with E-state index in [-0.39, 0.29) is 5.91 Å². The lowest BCUT2D eigenvalue weighted by Crippen LogP contribution is -2.14. The third-order valence-corrected chi connectivity index (χ3v) is 5.31. The van der Waals surface area contributed by atoms with E-state index >= 15 is 0 Å². The smallest absolute Gasteiger partial charge is 0.230 e. The molecular weight excluding hydrogens is 320 g/mol. The molecule has 5 heteroatoms. The van der Waals surface area contributed by atoms with Gasteiger partial charge in [-0.15, -0.1) is 0 Å². The van der Waals surface area contributed by atoms with Crippen molar-refractivity contribution < 1.29 is 9.53 Å². The molecule has 1 aliphatic carbocycles. The zero-order valence-electron chi connectivity index (χ0n) is 13.5. The number of hydrogen-bond acceptors (Lipinski definition) is 4. The Morgan fingerprint density at radius 3 is 3.00 bits per heavy atom. The molecule has 0 unspecified atom stereocenters. The molecule has 0 fully saturated rings. The van der Waals surface area contributed by atoms with Crippen LogP contribution in [0.5, 0.6) is 5.75 Å². The third kappa shape index (κ3) is 2.87. The van der Waals surface area contributed by atoms with Crippen molar-refractivity contribution in [2.45, 2.75) is 25.7 Å². The Labute approximate surface area is 144 Å². The first-order valence-corrected chi connectivity index (χ1v) is 8.88. The molecule has 4 nitrogen and oxygen atoms in total. The number of hydrogen-bond donors (Lipinski definition) is 1. The molecule has 1 N–H and O–H groups in total. The van der Waals surface area contributed by atoms with Crippen molar-refractivity contribution in [2.24, 2.45) is 0 Å². The Hall–Kier alpha value is -2.40. The third-order valence-electron chi connectivity index (χ3n) is 4.38. The highest BCUT2D eigenvalue weighted by Crippen LogP contribution is 2.32. The molecule has 0 spiro atoms. The van der Waals surface area contributed by atoms with Gasteiger partial charge in [0.25, 0.3) is 0 Å². The van der Waals surface area contributed by atoms with E-state index in [1.807, 2.05) is 18.2 Å². The van der Waals surface area contributed by atoms with E-state index in [2.05, 4.69) is 28.5 Å². The van der Waals surface area contributed by atoms with Crippen LogP contribution in [0, 0.1) is 0 Å². The lowest BCUT2D eigenvalue weighted by Gasteiger charge is -2.05. The molecule has 1 aliphatic rings. The lowest BCUT2D eigenvalue weighted by atomic mass is 10.0. The Kier molecular flexibility index (Phi) is 3.94. The van der Waals surface area contributed by atoms with E-state index in [9.17, 15) is 4.79 Å². The molecule has 0 atom stereocenters. The Morgan fingerprint density at radius 1 is 1.25 bits per heavy atom. The number of rotatable bonds is 4. The lowest BCUT2D eigenvalue weighted by molar-refractivity contribution is -0.115. The molecular formula is C19H18N2O2S. The maximum Gasteiger partial charge on any atom is 0.230 e. The van der Waals surface area contributed by atoms with Crippen molar-refractivity contribution in [3.63, 3.8) is 0 Å². The second kappa shape index (κ2) is 6.24. The van der Waals surface area contributed by atoms with Crippen LogP contribution in [0.15, 0.2) is 36.4 Å². The van der Waals surface area contributed by atoms with Crippen molar-refractivity contribution in [1.82, 2.24) is 4.98 Å². The Morgan fingerprint density at radius 2 is 2.12 bits per heavy atom. The van der Waals surface area contributed by atoms with Gasteiger partial charge in [-0.05, 0) is 48.1 Å². The molecule has 0 saturated heterocycles. The molecule has 3 aromatic rings. The van der Waals surface area contributed by atoms with E-state index in [1.165, 1.54) is 28.9 Å². The number of nitrogens with one attached hydrogen (secondary N) is 1. The van der Waals surface area contributed by atoms with Crippen molar-refractivity contribution in [1.29, 1.82) is 0 Å². The number of nitrogens with zero attached hydrogens (tertiary/aromatic N) is 1. The highest BCUT2D eigenvalue weighted by atomic mass is 32.1. The summed E-state index contributed by atoms with van der Waals surface area (Å²) in [5.74, 6) is 0.689. The van der Waals surface area contributed by atoms with E-state index in [0.29, 0.717) is 11.6 Å². The van der Waals surface area contributed by atoms with E-state index in [4.69, 9.17) is 4.74 Å². The zero-order valence-corrected chi connectivity index (χ0v) is 14.3. The minimum absolute atomic E-state index is 0.0361. The van der Waals surface area contributed by atoms with Crippen LogP contribution in [0.2, 0.25) is 0 Å². The summed E-state index contributed by atoms with van der Waals surface area (Å²) in [6.45, 7) is 0. The normalized spacial score (nSPS) is 13.0. The quantitative estimate of drug-likeness (QED) is 0.783. The largest absolute Gasteiger partial charge is 0.494 e. The number of aryl methyl sites for hydroxylation is 2. The highest BCUT2D eigenvalue weighted by Gasteiger charge is 2.14. The number of para-hydroxylation sites is 1. The number of benzene rings is 2. The van der Waals surface area contributed by atoms with Gasteiger partial charge in [-0.25, -0.2) is 4.98 Å². The molecule has 1 aromatic heterocycles. The summed E-state index contributed by atoms with van der Waals surface area (Å²) in [4.78, 5) is 16.8. The number of carbonyl (C=O) groups is 1. The number of carbonyl (C=O) groups excluding carboxylic acids is 1. The number of ether oxygens (including phenoxy) is 1. The average Bonchev–Trinajstić information content (AvgIpc) is 3.19. The molecule has 1 heterocycles. The number of amides is 1. The van der Waals surface area contributed by atoms with Gasteiger partial charge in [-0.2, -0.15) is 0 Å². The first kappa shape index (κ1) is 15.1. The van der Waals surface area contributed by atoms with Crippen LogP contribution in [0.25, 0.3) is 10.2 Å². The van der Waals surface area contributed by atoms with Gasteiger partial charge in [-0.3, -0.25) is 4.79 Å². The maximum absolute atomic E-state index is 12.3. The van der Waals surface area contributed by atoms with Crippen LogP contribution >= 0.6 is 11.3 Å². The van der Waals surface area contributed by atoms with Crippen LogP contribution in [-0.4, -0.2) is 18.0 Å². The highest BCUT2D eigenvalue weighted by molar-refractivity contribution is 7.22. The average molecular weight is 338 g/mol. The molecule has 2 aromatic carbocycles. The maximum atomic E-state index is 12.3. The Balaban J connectivity index is 1.50. The van der Waals surface area contributed by atoms with Crippen LogP contribution in [0.1, 0.15) is 23.1 Å². The van der Waals surface area contributed by atoms with E-state index < -0.39 is 0 Å². The molecule has 0 bridgehead atoms. The molecule has 0 saturated carbocycles. The minimum atomic E-state index is -0.0361. The summed E-state index contributed by atoms with van der Waals surface area (Å²) < 4.78 is 6.32. The summed E-state index contributed by atoms with van der Waals surface area (Å²) in [6, 6.07) is 12.2. The second-order valence-electron chi connectivity index (χ2n) is 6.01. The fourth-order valence-electron chi connectivity index (χ4n) is 3.23. The van der Waals surface area contributed by atoms with Crippen molar-refractivity contribution >= 4 is 32.6 Å². The first-order valence-electron chi connectivity index (χ1n) is 8.07. The number of thiazole rings is 1. The van der Waals surface area contributed by atoms with E-state index in [1.54, 1.807) is 7.11 Å². The molecule has 1 amide bonds. The van der Waals surface area contributed by atoms with Crippen LogP contribution in [0.4, 0.5) is 5.13 Å². The fraction of sp³-hybridized carbons (Fsp3) is 0.263. The van der Waals surface area contributed by atoms with Gasteiger partial charge in [0.2, 0.25) is 5.91 Å². The van der Waals surface area contributed by atoms with Crippen LogP contribution in [-0.2, 0) is 24.1 Å². The van der Waals surface area contributed by atoms with Gasteiger partial charge in [-0.1, -0.05) is 35.6 Å². The van der Waals surface area contributed by atoms with Gasteiger partial charge >= 0.3 is 0 Å². The summed E-state index contributed by atoms with van der Waals surface area (Å²) in [7, 11) is 1.63. The van der Waals surface area contributed by atoms with Crippen LogP contribution < -0.4 is 10.1 Å². The standard InChI is InChI=1S/C19H18N2O2S/c1-23-15-6-3-7-16-18(15)21-19(24-16)20-17(22)11-12-8-9-13-4-2-5-14(13)10-12/h3,6-10H,2,4-5,11H2,1H3,(H,20,21,22). The van der Waals surface area contributed by atoms with Gasteiger partial charge in [0.15, 0.2) is 5.13 Å². The van der Waals surface area contributed by atoms with E-state index in [0.717, 1.165) is 34.4 Å². The van der Waals surface area contributed by atoms with Crippen LogP contribution in [0.3, 0.4) is 0 Å². The number of fused-ring (bicyclic) bond motifs is 2. The number of anilines is 1. The van der Waals surface area contributed by atoms with Crippen molar-refractivity contribution in [2.75, 3.05) is 12.4 Å². The fourth-order valence-corrected chi connectivity index (χ4v) is 4.13. The summed E-state index contributed by atoms with van der Waals surface area (Å²) in [5.41, 5.74) is 4.67. The second-order valence-corrected chi connectivity index (χ2v) is 7.04. The zero-order chi connectivity index (χ0) is 16.5. The number of methoxy groups -OCH3 is 1. The topological polar surface area (TPSA) is 51.2 Å². The predicted molar refractivity (Wildman–Crippen MR) is 97.0 cm³/mol. The van der Waals surface area contributed by atoms with Crippen molar-refractivity contribution in [3.8, 4) is 5.75 Å². The molecule has 24 heavy (non-hydrogen) atoms. The summed E-state index contributed by atoms with van der Waals surface area (Å²) >= 11 is 1.46. The number of aromatic nitrogens is 1.